The van der Waals surface area contributed by atoms with Gasteiger partial charge in [-0.25, -0.2) is 15.0 Å². The number of carboxylic acids is 1. The minimum Gasteiger partial charge on any atom is -0.481 e. The summed E-state index contributed by atoms with van der Waals surface area (Å²) in [6.07, 6.45) is -0.354. The molecule has 0 bridgehead atoms. The molecular weight excluding hydrogens is 310 g/mol. The van der Waals surface area contributed by atoms with Crippen molar-refractivity contribution in [1.29, 1.82) is 0 Å². The van der Waals surface area contributed by atoms with E-state index >= 15 is 0 Å². The average Bonchev–Trinajstić information content (AvgIpc) is 2.80. The Hall–Kier alpha value is -3.03. The molecule has 1 aliphatic heterocycles. The van der Waals surface area contributed by atoms with Crippen molar-refractivity contribution in [2.24, 2.45) is 4.99 Å². The lowest BCUT2D eigenvalue weighted by atomic mass is 10.1. The molecular formula is C16H17N5O3. The van der Waals surface area contributed by atoms with Crippen molar-refractivity contribution in [1.82, 2.24) is 15.3 Å². The number of aliphatic carboxylic acids is 1. The van der Waals surface area contributed by atoms with Crippen LogP contribution in [0, 0.1) is 20.8 Å². The maximum absolute atomic E-state index is 11.7. The van der Waals surface area contributed by atoms with Gasteiger partial charge in [0.1, 0.15) is 6.04 Å². The molecule has 2 aromatic rings. The van der Waals surface area contributed by atoms with Crippen molar-refractivity contribution in [3.8, 4) is 0 Å². The Morgan fingerprint density at radius 1 is 1.25 bits per heavy atom. The minimum atomic E-state index is -1.08. The van der Waals surface area contributed by atoms with Crippen LogP contribution in [0.15, 0.2) is 17.1 Å². The van der Waals surface area contributed by atoms with Gasteiger partial charge in [0.15, 0.2) is 0 Å². The molecule has 1 amide bonds. The largest absolute Gasteiger partial charge is 0.481 e. The van der Waals surface area contributed by atoms with Crippen molar-refractivity contribution < 1.29 is 14.7 Å². The number of guanidine groups is 1. The molecule has 0 aliphatic carbocycles. The van der Waals surface area contributed by atoms with E-state index in [1.54, 1.807) is 0 Å². The van der Waals surface area contributed by atoms with Gasteiger partial charge in [-0.15, -0.1) is 0 Å². The highest BCUT2D eigenvalue weighted by Crippen LogP contribution is 2.21. The lowest BCUT2D eigenvalue weighted by Crippen LogP contribution is -2.33. The number of amides is 1. The smallest absolute Gasteiger partial charge is 0.306 e. The zero-order valence-electron chi connectivity index (χ0n) is 13.5. The molecule has 0 fully saturated rings. The van der Waals surface area contributed by atoms with Crippen LogP contribution in [0.5, 0.6) is 0 Å². The van der Waals surface area contributed by atoms with Gasteiger partial charge in [0.05, 0.1) is 17.6 Å². The van der Waals surface area contributed by atoms with Crippen molar-refractivity contribution >= 4 is 34.7 Å². The van der Waals surface area contributed by atoms with E-state index in [1.165, 1.54) is 5.56 Å². The van der Waals surface area contributed by atoms with Gasteiger partial charge >= 0.3 is 5.97 Å². The molecule has 1 aliphatic rings. The summed E-state index contributed by atoms with van der Waals surface area (Å²) < 4.78 is 0. The summed E-state index contributed by atoms with van der Waals surface area (Å²) in [6, 6.07) is 3.09. The highest BCUT2D eigenvalue weighted by atomic mass is 16.4. The maximum Gasteiger partial charge on any atom is 0.306 e. The molecule has 1 atom stereocenters. The van der Waals surface area contributed by atoms with Crippen molar-refractivity contribution in [2.45, 2.75) is 33.2 Å². The highest BCUT2D eigenvalue weighted by Gasteiger charge is 2.28. The molecule has 0 spiro atoms. The second kappa shape index (κ2) is 5.88. The number of nitrogens with one attached hydrogen (secondary N) is 2. The first kappa shape index (κ1) is 15.9. The van der Waals surface area contributed by atoms with E-state index in [1.807, 2.05) is 32.9 Å². The van der Waals surface area contributed by atoms with E-state index in [-0.39, 0.29) is 12.4 Å². The van der Waals surface area contributed by atoms with Crippen LogP contribution in [0.1, 0.15) is 23.2 Å². The average molecular weight is 327 g/mol. The van der Waals surface area contributed by atoms with Crippen LogP contribution in [-0.4, -0.2) is 39.0 Å². The number of benzene rings is 1. The standard InChI is InChI=1S/C16H17N5O3/c1-7-4-10-9(3)17-15(18-11(10)5-8(7)2)21-16-19-12(6-13(22)23)14(24)20-16/h4-5,12H,6H2,1-3H3,(H,22,23)(H2,17,18,19,20,21,24). The van der Waals surface area contributed by atoms with E-state index in [4.69, 9.17) is 5.11 Å². The maximum atomic E-state index is 11.7. The van der Waals surface area contributed by atoms with Crippen LogP contribution in [0.25, 0.3) is 10.9 Å². The van der Waals surface area contributed by atoms with Crippen molar-refractivity contribution in [3.05, 3.63) is 29.0 Å². The van der Waals surface area contributed by atoms with E-state index in [0.717, 1.165) is 22.2 Å². The Bertz CT molecular complexity index is 891. The number of carbonyl (C=O) groups excluding carboxylic acids is 1. The molecule has 2 heterocycles. The Morgan fingerprint density at radius 2 is 1.96 bits per heavy atom. The van der Waals surface area contributed by atoms with Crippen molar-refractivity contribution in [3.63, 3.8) is 0 Å². The number of aliphatic imine (C=N–C) groups is 1. The molecule has 0 radical (unpaired) electrons. The zero-order chi connectivity index (χ0) is 17.4. The minimum absolute atomic E-state index is 0.161. The number of hydrogen-bond donors (Lipinski definition) is 3. The third kappa shape index (κ3) is 3.03. The Morgan fingerprint density at radius 3 is 2.67 bits per heavy atom. The Balaban J connectivity index is 1.89. The summed E-state index contributed by atoms with van der Waals surface area (Å²) in [4.78, 5) is 35.3. The SMILES string of the molecule is Cc1cc2nc(NC3=NC(CC(=O)O)C(=O)N3)nc(C)c2cc1C. The fourth-order valence-corrected chi connectivity index (χ4v) is 2.52. The summed E-state index contributed by atoms with van der Waals surface area (Å²) in [7, 11) is 0. The third-order valence-corrected chi connectivity index (χ3v) is 3.93. The second-order valence-corrected chi connectivity index (χ2v) is 5.79. The predicted octanol–water partition coefficient (Wildman–Crippen LogP) is 1.30. The van der Waals surface area contributed by atoms with Gasteiger partial charge in [-0.1, -0.05) is 0 Å². The number of carbonyl (C=O) groups is 2. The normalized spacial score (nSPS) is 16.9. The fourth-order valence-electron chi connectivity index (χ4n) is 2.52. The quantitative estimate of drug-likeness (QED) is 0.782. The second-order valence-electron chi connectivity index (χ2n) is 5.79. The van der Waals surface area contributed by atoms with Crippen LogP contribution in [0.4, 0.5) is 5.95 Å². The molecule has 0 saturated carbocycles. The fraction of sp³-hybridized carbons (Fsp3) is 0.312. The summed E-state index contributed by atoms with van der Waals surface area (Å²) in [5.74, 6) is -1.07. The molecule has 1 aromatic heterocycles. The molecule has 3 N–H and O–H groups in total. The first-order valence-corrected chi connectivity index (χ1v) is 7.46. The van der Waals surface area contributed by atoms with Gasteiger partial charge in [-0.2, -0.15) is 0 Å². The molecule has 24 heavy (non-hydrogen) atoms. The van der Waals surface area contributed by atoms with Crippen LogP contribution < -0.4 is 10.6 Å². The van der Waals surface area contributed by atoms with Gasteiger partial charge in [0.25, 0.3) is 5.91 Å². The van der Waals surface area contributed by atoms with Crippen LogP contribution in [-0.2, 0) is 9.59 Å². The number of hydrogen-bond acceptors (Lipinski definition) is 6. The molecule has 0 saturated heterocycles. The number of carboxylic acid groups (broad SMARTS) is 1. The Labute approximate surface area is 138 Å². The van der Waals surface area contributed by atoms with Crippen LogP contribution in [0.2, 0.25) is 0 Å². The lowest BCUT2D eigenvalue weighted by molar-refractivity contribution is -0.139. The molecule has 124 valence electrons. The summed E-state index contributed by atoms with van der Waals surface area (Å²) in [5, 5.41) is 15.1. The number of aryl methyl sites for hydroxylation is 3. The number of nitrogens with zero attached hydrogens (tertiary/aromatic N) is 3. The zero-order valence-corrected chi connectivity index (χ0v) is 13.5. The topological polar surface area (TPSA) is 117 Å². The number of anilines is 1. The van der Waals surface area contributed by atoms with Gasteiger partial charge in [-0.05, 0) is 44.0 Å². The number of rotatable bonds is 3. The third-order valence-electron chi connectivity index (χ3n) is 3.93. The molecule has 1 aromatic carbocycles. The monoisotopic (exact) mass is 327 g/mol. The van der Waals surface area contributed by atoms with Crippen molar-refractivity contribution in [2.75, 3.05) is 5.32 Å². The van der Waals surface area contributed by atoms with Crippen LogP contribution in [0.3, 0.4) is 0 Å². The van der Waals surface area contributed by atoms with E-state index in [2.05, 4.69) is 25.6 Å². The lowest BCUT2D eigenvalue weighted by Gasteiger charge is -2.09. The van der Waals surface area contributed by atoms with E-state index < -0.39 is 17.9 Å². The summed E-state index contributed by atoms with van der Waals surface area (Å²) in [6.45, 7) is 5.93. The molecule has 1 unspecified atom stereocenters. The Kier molecular flexibility index (Phi) is 3.88. The first-order valence-electron chi connectivity index (χ1n) is 7.46. The summed E-state index contributed by atoms with van der Waals surface area (Å²) in [5.41, 5.74) is 3.89. The predicted molar refractivity (Wildman–Crippen MR) is 89.0 cm³/mol. The van der Waals surface area contributed by atoms with Crippen LogP contribution >= 0.6 is 0 Å². The van der Waals surface area contributed by atoms with E-state index in [9.17, 15) is 9.59 Å². The molecule has 8 nitrogen and oxygen atoms in total. The number of aromatic nitrogens is 2. The molecule has 8 heteroatoms. The van der Waals surface area contributed by atoms with Gasteiger partial charge < -0.3 is 5.11 Å². The van der Waals surface area contributed by atoms with E-state index in [0.29, 0.717) is 5.95 Å². The van der Waals surface area contributed by atoms with Gasteiger partial charge in [0.2, 0.25) is 11.9 Å². The highest BCUT2D eigenvalue weighted by molar-refractivity contribution is 6.10. The van der Waals surface area contributed by atoms with Gasteiger partial charge in [-0.3, -0.25) is 20.2 Å². The first-order chi connectivity index (χ1) is 11.3. The molecule has 3 rings (SSSR count). The number of fused-ring (bicyclic) bond motifs is 1. The van der Waals surface area contributed by atoms with Gasteiger partial charge in [0, 0.05) is 5.39 Å². The summed E-state index contributed by atoms with van der Waals surface area (Å²) >= 11 is 0.